The van der Waals surface area contributed by atoms with Gasteiger partial charge in [0.1, 0.15) is 23.8 Å². The van der Waals surface area contributed by atoms with Crippen molar-refractivity contribution in [1.29, 1.82) is 0 Å². The minimum atomic E-state index is -3.70. The van der Waals surface area contributed by atoms with Crippen molar-refractivity contribution < 1.29 is 22.7 Å². The summed E-state index contributed by atoms with van der Waals surface area (Å²) >= 11 is 0. The van der Waals surface area contributed by atoms with E-state index in [1.54, 1.807) is 55.6 Å². The van der Waals surface area contributed by atoms with Crippen LogP contribution in [0.25, 0.3) is 0 Å². The number of hydrogen-bond donors (Lipinski definition) is 1. The molecule has 0 spiro atoms. The van der Waals surface area contributed by atoms with Gasteiger partial charge in [0.2, 0.25) is 10.0 Å². The molecule has 0 heterocycles. The van der Waals surface area contributed by atoms with E-state index in [4.69, 9.17) is 9.47 Å². The molecule has 0 bridgehead atoms. The predicted molar refractivity (Wildman–Crippen MR) is 124 cm³/mol. The normalized spacial score (nSPS) is 11.2. The van der Waals surface area contributed by atoms with Crippen molar-refractivity contribution in [3.63, 3.8) is 0 Å². The zero-order valence-corrected chi connectivity index (χ0v) is 18.5. The SMILES string of the molecule is COc1ccc(/C=N/NC(=O)CN(c2ccc(Oc3ccccc3)cc2)S(C)(=O)=O)cc1. The number of hydrazone groups is 1. The van der Waals surface area contributed by atoms with E-state index >= 15 is 0 Å². The van der Waals surface area contributed by atoms with Crippen LogP contribution in [-0.4, -0.2) is 40.4 Å². The average molecular weight is 454 g/mol. The number of methoxy groups -OCH3 is 1. The molecule has 0 atom stereocenters. The number of anilines is 1. The highest BCUT2D eigenvalue weighted by Crippen LogP contribution is 2.25. The molecule has 1 N–H and O–H groups in total. The van der Waals surface area contributed by atoms with Crippen LogP contribution in [0.1, 0.15) is 5.56 Å². The first-order valence-electron chi connectivity index (χ1n) is 9.62. The number of rotatable bonds is 9. The first-order chi connectivity index (χ1) is 15.3. The molecular weight excluding hydrogens is 430 g/mol. The third-order valence-corrected chi connectivity index (χ3v) is 5.45. The van der Waals surface area contributed by atoms with E-state index in [0.29, 0.717) is 22.9 Å². The van der Waals surface area contributed by atoms with Crippen LogP contribution in [-0.2, 0) is 14.8 Å². The summed E-state index contributed by atoms with van der Waals surface area (Å²) in [4.78, 5) is 12.3. The fraction of sp³-hybridized carbons (Fsp3) is 0.130. The summed E-state index contributed by atoms with van der Waals surface area (Å²) in [6.45, 7) is -0.419. The Kier molecular flexibility index (Phi) is 7.45. The van der Waals surface area contributed by atoms with E-state index in [9.17, 15) is 13.2 Å². The second-order valence-corrected chi connectivity index (χ2v) is 8.65. The minimum Gasteiger partial charge on any atom is -0.497 e. The van der Waals surface area contributed by atoms with Gasteiger partial charge in [-0.05, 0) is 66.2 Å². The number of hydrogen-bond acceptors (Lipinski definition) is 6. The molecule has 0 aliphatic carbocycles. The highest BCUT2D eigenvalue weighted by atomic mass is 32.2. The maximum atomic E-state index is 12.3. The average Bonchev–Trinajstić information content (AvgIpc) is 2.79. The summed E-state index contributed by atoms with van der Waals surface area (Å²) in [7, 11) is -2.13. The molecule has 0 radical (unpaired) electrons. The van der Waals surface area contributed by atoms with Crippen molar-refractivity contribution in [3.05, 3.63) is 84.4 Å². The quantitative estimate of drug-likeness (QED) is 0.396. The van der Waals surface area contributed by atoms with Crippen LogP contribution in [0, 0.1) is 0 Å². The minimum absolute atomic E-state index is 0.335. The number of ether oxygens (including phenoxy) is 2. The van der Waals surface area contributed by atoms with Gasteiger partial charge in [0.15, 0.2) is 0 Å². The number of nitrogens with zero attached hydrogens (tertiary/aromatic N) is 2. The van der Waals surface area contributed by atoms with Crippen LogP contribution >= 0.6 is 0 Å². The molecule has 0 aliphatic rings. The summed E-state index contributed by atoms with van der Waals surface area (Å²) in [6.07, 6.45) is 2.49. The second kappa shape index (κ2) is 10.5. The molecule has 3 rings (SSSR count). The molecular formula is C23H23N3O5S. The van der Waals surface area contributed by atoms with Gasteiger partial charge in [-0.1, -0.05) is 18.2 Å². The summed E-state index contributed by atoms with van der Waals surface area (Å²) in [5.41, 5.74) is 3.43. The van der Waals surface area contributed by atoms with E-state index < -0.39 is 22.5 Å². The Balaban J connectivity index is 1.64. The van der Waals surface area contributed by atoms with Crippen LogP contribution in [0.15, 0.2) is 84.0 Å². The summed E-state index contributed by atoms with van der Waals surface area (Å²) in [5, 5.41) is 3.88. The van der Waals surface area contributed by atoms with Crippen molar-refractivity contribution in [2.75, 3.05) is 24.2 Å². The first kappa shape index (κ1) is 22.8. The monoisotopic (exact) mass is 453 g/mol. The van der Waals surface area contributed by atoms with Gasteiger partial charge in [0.05, 0.1) is 25.3 Å². The van der Waals surface area contributed by atoms with Gasteiger partial charge in [0.25, 0.3) is 5.91 Å². The molecule has 3 aromatic carbocycles. The zero-order chi connectivity index (χ0) is 23.0. The van der Waals surface area contributed by atoms with Gasteiger partial charge >= 0.3 is 0 Å². The first-order valence-corrected chi connectivity index (χ1v) is 11.5. The van der Waals surface area contributed by atoms with E-state index in [0.717, 1.165) is 16.1 Å². The van der Waals surface area contributed by atoms with E-state index in [1.165, 1.54) is 6.21 Å². The summed E-state index contributed by atoms with van der Waals surface area (Å²) < 4.78 is 36.3. The van der Waals surface area contributed by atoms with Crippen molar-refractivity contribution in [2.45, 2.75) is 0 Å². The molecule has 0 unspecified atom stereocenters. The van der Waals surface area contributed by atoms with E-state index in [1.807, 2.05) is 30.3 Å². The number of amides is 1. The second-order valence-electron chi connectivity index (χ2n) is 6.74. The largest absolute Gasteiger partial charge is 0.497 e. The Morgan fingerprint density at radius 1 is 0.938 bits per heavy atom. The Bertz CT molecular complexity index is 1160. The van der Waals surface area contributed by atoms with Crippen LogP contribution < -0.4 is 19.2 Å². The standard InChI is InChI=1S/C23H23N3O5S/c1-30-20-12-8-18(9-13-20)16-24-25-23(27)17-26(32(2,28)29)19-10-14-22(15-11-19)31-21-6-4-3-5-7-21/h3-16H,17H2,1-2H3,(H,25,27)/b24-16+. The molecule has 166 valence electrons. The van der Waals surface area contributed by atoms with Gasteiger partial charge in [-0.2, -0.15) is 5.10 Å². The predicted octanol–water partition coefficient (Wildman–Crippen LogP) is 3.40. The van der Waals surface area contributed by atoms with Gasteiger partial charge in [-0.15, -0.1) is 0 Å². The molecule has 8 nitrogen and oxygen atoms in total. The lowest BCUT2D eigenvalue weighted by Gasteiger charge is -2.21. The zero-order valence-electron chi connectivity index (χ0n) is 17.6. The molecule has 0 aliphatic heterocycles. The van der Waals surface area contributed by atoms with Crippen LogP contribution in [0.3, 0.4) is 0 Å². The van der Waals surface area contributed by atoms with Crippen molar-refractivity contribution >= 4 is 27.8 Å². The molecule has 0 saturated heterocycles. The number of carbonyl (C=O) groups is 1. The van der Waals surface area contributed by atoms with Gasteiger partial charge in [-0.3, -0.25) is 9.10 Å². The Hall–Kier alpha value is -3.85. The number of para-hydroxylation sites is 1. The van der Waals surface area contributed by atoms with Crippen LogP contribution in [0.5, 0.6) is 17.2 Å². The maximum absolute atomic E-state index is 12.3. The third-order valence-electron chi connectivity index (χ3n) is 4.31. The number of sulfonamides is 1. The molecule has 1 amide bonds. The lowest BCUT2D eigenvalue weighted by molar-refractivity contribution is -0.119. The topological polar surface area (TPSA) is 97.3 Å². The molecule has 32 heavy (non-hydrogen) atoms. The lowest BCUT2D eigenvalue weighted by Crippen LogP contribution is -2.38. The van der Waals surface area contributed by atoms with E-state index in [-0.39, 0.29) is 0 Å². The molecule has 0 aromatic heterocycles. The maximum Gasteiger partial charge on any atom is 0.260 e. The molecule has 0 saturated carbocycles. The van der Waals surface area contributed by atoms with Crippen LogP contribution in [0.2, 0.25) is 0 Å². The van der Waals surface area contributed by atoms with Crippen LogP contribution in [0.4, 0.5) is 5.69 Å². The van der Waals surface area contributed by atoms with Gasteiger partial charge < -0.3 is 9.47 Å². The van der Waals surface area contributed by atoms with Crippen molar-refractivity contribution in [2.24, 2.45) is 5.10 Å². The highest BCUT2D eigenvalue weighted by molar-refractivity contribution is 7.92. The molecule has 9 heteroatoms. The third kappa shape index (κ3) is 6.58. The van der Waals surface area contributed by atoms with Gasteiger partial charge in [-0.25, -0.2) is 13.8 Å². The lowest BCUT2D eigenvalue weighted by atomic mass is 10.2. The Morgan fingerprint density at radius 2 is 1.53 bits per heavy atom. The number of benzene rings is 3. The van der Waals surface area contributed by atoms with Crippen molar-refractivity contribution in [3.8, 4) is 17.2 Å². The summed E-state index contributed by atoms with van der Waals surface area (Å²) in [6, 6.07) is 22.7. The highest BCUT2D eigenvalue weighted by Gasteiger charge is 2.20. The van der Waals surface area contributed by atoms with E-state index in [2.05, 4.69) is 10.5 Å². The fourth-order valence-electron chi connectivity index (χ4n) is 2.74. The Morgan fingerprint density at radius 3 is 2.12 bits per heavy atom. The molecule has 3 aromatic rings. The van der Waals surface area contributed by atoms with Gasteiger partial charge in [0, 0.05) is 0 Å². The summed E-state index contributed by atoms with van der Waals surface area (Å²) in [5.74, 6) is 1.33. The Labute approximate surface area is 187 Å². The smallest absolute Gasteiger partial charge is 0.260 e. The number of carbonyl (C=O) groups excluding carboxylic acids is 1. The fourth-order valence-corrected chi connectivity index (χ4v) is 3.60. The molecule has 0 fully saturated rings. The van der Waals surface area contributed by atoms with Crippen molar-refractivity contribution in [1.82, 2.24) is 5.43 Å². The number of nitrogens with one attached hydrogen (secondary N) is 1.